The van der Waals surface area contributed by atoms with E-state index in [0.29, 0.717) is 5.82 Å². The van der Waals surface area contributed by atoms with Crippen LogP contribution in [0.2, 0.25) is 0 Å². The van der Waals surface area contributed by atoms with Gasteiger partial charge < -0.3 is 10.5 Å². The molecule has 1 amide bonds. The molecule has 2 heterocycles. The molecule has 0 spiro atoms. The van der Waals surface area contributed by atoms with E-state index in [2.05, 4.69) is 41.3 Å². The van der Waals surface area contributed by atoms with Gasteiger partial charge in [0, 0.05) is 6.61 Å². The summed E-state index contributed by atoms with van der Waals surface area (Å²) in [7, 11) is 0. The summed E-state index contributed by atoms with van der Waals surface area (Å²) in [6.07, 6.45) is 3.85. The standard InChI is InChI=1S/C18H22N4O2/c1-18(7-4-8-24-18)17-20-16(11-15(19)23)21-22(17)14-9-12-5-2-3-6-13(12)10-14/h2-3,5-6,14H,4,7-11H2,1H3,(H2,19,23). The van der Waals surface area contributed by atoms with Crippen LogP contribution in [0.4, 0.5) is 0 Å². The Morgan fingerprint density at radius 1 is 1.38 bits per heavy atom. The summed E-state index contributed by atoms with van der Waals surface area (Å²) in [5.74, 6) is 0.908. The van der Waals surface area contributed by atoms with Gasteiger partial charge in [-0.2, -0.15) is 5.10 Å². The molecule has 4 rings (SSSR count). The lowest BCUT2D eigenvalue weighted by Gasteiger charge is -2.24. The first-order valence-electron chi connectivity index (χ1n) is 8.50. The predicted octanol–water partition coefficient (Wildman–Crippen LogP) is 1.67. The first kappa shape index (κ1) is 15.3. The van der Waals surface area contributed by atoms with Crippen molar-refractivity contribution >= 4 is 5.91 Å². The molecule has 126 valence electrons. The molecule has 1 unspecified atom stereocenters. The number of ether oxygens (including phenoxy) is 1. The van der Waals surface area contributed by atoms with Crippen molar-refractivity contribution in [3.63, 3.8) is 0 Å². The van der Waals surface area contributed by atoms with Gasteiger partial charge in [0.15, 0.2) is 11.6 Å². The Hall–Kier alpha value is -2.21. The second-order valence-electron chi connectivity index (χ2n) is 6.95. The molecule has 1 fully saturated rings. The molecule has 24 heavy (non-hydrogen) atoms. The highest BCUT2D eigenvalue weighted by atomic mass is 16.5. The highest BCUT2D eigenvalue weighted by Gasteiger charge is 2.39. The van der Waals surface area contributed by atoms with Crippen LogP contribution >= 0.6 is 0 Å². The highest BCUT2D eigenvalue weighted by molar-refractivity contribution is 5.75. The number of carbonyl (C=O) groups excluding carboxylic acids is 1. The van der Waals surface area contributed by atoms with E-state index in [1.165, 1.54) is 11.1 Å². The molecule has 0 radical (unpaired) electrons. The van der Waals surface area contributed by atoms with Gasteiger partial charge in [-0.15, -0.1) is 0 Å². The Bertz CT molecular complexity index is 752. The minimum Gasteiger partial charge on any atom is -0.369 e. The van der Waals surface area contributed by atoms with Gasteiger partial charge in [0.25, 0.3) is 0 Å². The van der Waals surface area contributed by atoms with Gasteiger partial charge in [0.1, 0.15) is 5.60 Å². The maximum Gasteiger partial charge on any atom is 0.225 e. The van der Waals surface area contributed by atoms with Crippen LogP contribution in [0, 0.1) is 0 Å². The highest BCUT2D eigenvalue weighted by Crippen LogP contribution is 2.38. The van der Waals surface area contributed by atoms with Crippen molar-refractivity contribution in [3.8, 4) is 0 Å². The van der Waals surface area contributed by atoms with E-state index in [1.54, 1.807) is 0 Å². The predicted molar refractivity (Wildman–Crippen MR) is 88.3 cm³/mol. The Labute approximate surface area is 141 Å². The summed E-state index contributed by atoms with van der Waals surface area (Å²) < 4.78 is 7.97. The van der Waals surface area contributed by atoms with E-state index in [1.807, 2.05) is 4.68 Å². The van der Waals surface area contributed by atoms with Gasteiger partial charge in [-0.1, -0.05) is 24.3 Å². The Morgan fingerprint density at radius 2 is 2.08 bits per heavy atom. The van der Waals surface area contributed by atoms with Gasteiger partial charge in [-0.05, 0) is 43.7 Å². The zero-order chi connectivity index (χ0) is 16.7. The Kier molecular flexibility index (Phi) is 3.64. The summed E-state index contributed by atoms with van der Waals surface area (Å²) in [6, 6.07) is 8.70. The molecule has 1 aromatic heterocycles. The molecule has 2 N–H and O–H groups in total. The van der Waals surface area contributed by atoms with Crippen LogP contribution in [-0.4, -0.2) is 27.3 Å². The van der Waals surface area contributed by atoms with Crippen molar-refractivity contribution in [1.29, 1.82) is 0 Å². The molecule has 1 aromatic carbocycles. The number of hydrogen-bond donors (Lipinski definition) is 1. The van der Waals surface area contributed by atoms with E-state index in [0.717, 1.165) is 38.1 Å². The van der Waals surface area contributed by atoms with E-state index in [4.69, 9.17) is 10.5 Å². The number of nitrogens with two attached hydrogens (primary N) is 1. The maximum atomic E-state index is 11.3. The number of hydrogen-bond acceptors (Lipinski definition) is 4. The van der Waals surface area contributed by atoms with Gasteiger partial charge >= 0.3 is 0 Å². The number of aromatic nitrogens is 3. The number of benzene rings is 1. The maximum absolute atomic E-state index is 11.3. The molecule has 6 nitrogen and oxygen atoms in total. The minimum absolute atomic E-state index is 0.0652. The lowest BCUT2D eigenvalue weighted by atomic mass is 10.0. The third kappa shape index (κ3) is 2.60. The molecule has 1 aliphatic heterocycles. The normalized spacial score (nSPS) is 23.5. The van der Waals surface area contributed by atoms with Crippen molar-refractivity contribution in [2.45, 2.75) is 50.7 Å². The molecule has 2 aromatic rings. The fraction of sp³-hybridized carbons (Fsp3) is 0.500. The van der Waals surface area contributed by atoms with E-state index in [-0.39, 0.29) is 12.5 Å². The number of nitrogens with zero attached hydrogens (tertiary/aromatic N) is 3. The first-order valence-corrected chi connectivity index (χ1v) is 8.50. The SMILES string of the molecule is CC1(c2nc(CC(N)=O)nn2C2Cc3ccccc3C2)CCCO1. The van der Waals surface area contributed by atoms with Crippen LogP contribution in [0.3, 0.4) is 0 Å². The molecule has 0 saturated carbocycles. The van der Waals surface area contributed by atoms with Gasteiger partial charge in [-0.3, -0.25) is 4.79 Å². The Balaban J connectivity index is 1.71. The Morgan fingerprint density at radius 3 is 2.67 bits per heavy atom. The summed E-state index contributed by atoms with van der Waals surface area (Å²) in [6.45, 7) is 2.80. The van der Waals surface area contributed by atoms with Crippen molar-refractivity contribution in [2.24, 2.45) is 5.73 Å². The van der Waals surface area contributed by atoms with E-state index >= 15 is 0 Å². The van der Waals surface area contributed by atoms with Crippen LogP contribution < -0.4 is 5.73 Å². The largest absolute Gasteiger partial charge is 0.369 e. The smallest absolute Gasteiger partial charge is 0.225 e. The number of amides is 1. The fourth-order valence-corrected chi connectivity index (χ4v) is 3.88. The third-order valence-corrected chi connectivity index (χ3v) is 5.07. The summed E-state index contributed by atoms with van der Waals surface area (Å²) in [5.41, 5.74) is 7.62. The lowest BCUT2D eigenvalue weighted by molar-refractivity contribution is -0.117. The van der Waals surface area contributed by atoms with Crippen LogP contribution in [-0.2, 0) is 34.4 Å². The van der Waals surface area contributed by atoms with Crippen LogP contribution in [0.5, 0.6) is 0 Å². The number of fused-ring (bicyclic) bond motifs is 1. The van der Waals surface area contributed by atoms with Crippen LogP contribution in [0.15, 0.2) is 24.3 Å². The molecule has 1 atom stereocenters. The average Bonchev–Trinajstić information content (AvgIpc) is 3.24. The summed E-state index contributed by atoms with van der Waals surface area (Å²) in [4.78, 5) is 15.9. The fourth-order valence-electron chi connectivity index (χ4n) is 3.88. The first-order chi connectivity index (χ1) is 11.5. The second-order valence-corrected chi connectivity index (χ2v) is 6.95. The van der Waals surface area contributed by atoms with Crippen molar-refractivity contribution < 1.29 is 9.53 Å². The van der Waals surface area contributed by atoms with Crippen LogP contribution in [0.1, 0.15) is 48.6 Å². The average molecular weight is 326 g/mol. The van der Waals surface area contributed by atoms with Gasteiger partial charge in [0.05, 0.1) is 12.5 Å². The molecular formula is C18H22N4O2. The number of carbonyl (C=O) groups is 1. The number of primary amides is 1. The number of rotatable bonds is 4. The van der Waals surface area contributed by atoms with Crippen molar-refractivity contribution in [2.75, 3.05) is 6.61 Å². The molecule has 0 bridgehead atoms. The minimum atomic E-state index is -0.433. The molecule has 1 aliphatic carbocycles. The van der Waals surface area contributed by atoms with E-state index < -0.39 is 11.5 Å². The van der Waals surface area contributed by atoms with Gasteiger partial charge in [0.2, 0.25) is 5.91 Å². The van der Waals surface area contributed by atoms with Crippen molar-refractivity contribution in [1.82, 2.24) is 14.8 Å². The summed E-state index contributed by atoms with van der Waals surface area (Å²) >= 11 is 0. The second kappa shape index (κ2) is 5.70. The van der Waals surface area contributed by atoms with Crippen molar-refractivity contribution in [3.05, 3.63) is 47.0 Å². The molecule has 2 aliphatic rings. The lowest BCUT2D eigenvalue weighted by Crippen LogP contribution is -2.28. The quantitative estimate of drug-likeness (QED) is 0.926. The van der Waals surface area contributed by atoms with Gasteiger partial charge in [-0.25, -0.2) is 9.67 Å². The zero-order valence-corrected chi connectivity index (χ0v) is 13.9. The van der Waals surface area contributed by atoms with E-state index in [9.17, 15) is 4.79 Å². The molecule has 6 heteroatoms. The van der Waals surface area contributed by atoms with Crippen LogP contribution in [0.25, 0.3) is 0 Å². The molecular weight excluding hydrogens is 304 g/mol. The monoisotopic (exact) mass is 326 g/mol. The molecule has 1 saturated heterocycles. The summed E-state index contributed by atoms with van der Waals surface area (Å²) in [5, 5.41) is 4.63. The zero-order valence-electron chi connectivity index (χ0n) is 13.9. The third-order valence-electron chi connectivity index (χ3n) is 5.07. The topological polar surface area (TPSA) is 83.0 Å².